The third-order valence-corrected chi connectivity index (χ3v) is 4.01. The van der Waals surface area contributed by atoms with Crippen LogP contribution in [0.1, 0.15) is 31.1 Å². The van der Waals surface area contributed by atoms with Gasteiger partial charge in [0.25, 0.3) is 0 Å². The average Bonchev–Trinajstić information content (AvgIpc) is 3.13. The van der Waals surface area contributed by atoms with Gasteiger partial charge in [-0.05, 0) is 25.5 Å². The van der Waals surface area contributed by atoms with E-state index in [2.05, 4.69) is 36.0 Å². The molecule has 0 spiro atoms. The number of hydrogen-bond acceptors (Lipinski definition) is 4. The SMILES string of the molecule is CC#CCOCC(OC)(OC)c1ccnn1[C@H](C)c1ccccc1. The van der Waals surface area contributed by atoms with Crippen LogP contribution in [0.5, 0.6) is 0 Å². The summed E-state index contributed by atoms with van der Waals surface area (Å²) in [7, 11) is 3.20. The summed E-state index contributed by atoms with van der Waals surface area (Å²) in [6.07, 6.45) is 1.74. The maximum absolute atomic E-state index is 5.68. The summed E-state index contributed by atoms with van der Waals surface area (Å²) in [5.41, 5.74) is 1.95. The molecule has 0 amide bonds. The molecule has 128 valence electrons. The first-order valence-corrected chi connectivity index (χ1v) is 7.85. The number of nitrogens with zero attached hydrogens (tertiary/aromatic N) is 2. The lowest BCUT2D eigenvalue weighted by Crippen LogP contribution is -2.39. The van der Waals surface area contributed by atoms with Crippen molar-refractivity contribution in [2.75, 3.05) is 27.4 Å². The first kappa shape index (κ1) is 18.2. The lowest BCUT2D eigenvalue weighted by atomic mass is 10.1. The van der Waals surface area contributed by atoms with Gasteiger partial charge >= 0.3 is 0 Å². The van der Waals surface area contributed by atoms with Crippen LogP contribution in [-0.2, 0) is 20.0 Å². The lowest BCUT2D eigenvalue weighted by molar-refractivity contribution is -0.246. The van der Waals surface area contributed by atoms with E-state index < -0.39 is 5.79 Å². The van der Waals surface area contributed by atoms with Crippen LogP contribution in [0.4, 0.5) is 0 Å². The van der Waals surface area contributed by atoms with Gasteiger partial charge in [0, 0.05) is 20.4 Å². The number of aromatic nitrogens is 2. The molecule has 5 nitrogen and oxygen atoms in total. The van der Waals surface area contributed by atoms with Gasteiger partial charge in [-0.2, -0.15) is 5.10 Å². The van der Waals surface area contributed by atoms with Gasteiger partial charge in [-0.1, -0.05) is 36.3 Å². The van der Waals surface area contributed by atoms with Crippen LogP contribution < -0.4 is 0 Å². The van der Waals surface area contributed by atoms with Crippen molar-refractivity contribution in [3.8, 4) is 11.8 Å². The fourth-order valence-electron chi connectivity index (χ4n) is 2.59. The number of rotatable bonds is 8. The highest BCUT2D eigenvalue weighted by Gasteiger charge is 2.37. The van der Waals surface area contributed by atoms with E-state index in [9.17, 15) is 0 Å². The van der Waals surface area contributed by atoms with E-state index in [1.807, 2.05) is 28.9 Å². The summed E-state index contributed by atoms with van der Waals surface area (Å²) in [5.74, 6) is 4.64. The molecule has 0 aliphatic rings. The Morgan fingerprint density at radius 1 is 1.17 bits per heavy atom. The molecule has 24 heavy (non-hydrogen) atoms. The number of ether oxygens (including phenoxy) is 3. The molecule has 2 aromatic rings. The highest BCUT2D eigenvalue weighted by Crippen LogP contribution is 2.30. The van der Waals surface area contributed by atoms with E-state index in [0.29, 0.717) is 6.61 Å². The van der Waals surface area contributed by atoms with Gasteiger partial charge in [-0.25, -0.2) is 0 Å². The normalized spacial score (nSPS) is 12.5. The molecule has 0 aliphatic carbocycles. The molecule has 1 atom stereocenters. The molecule has 0 N–H and O–H groups in total. The molecule has 1 aromatic carbocycles. The molecule has 0 saturated heterocycles. The minimum atomic E-state index is -1.03. The van der Waals surface area contributed by atoms with Crippen molar-refractivity contribution < 1.29 is 14.2 Å². The standard InChI is InChI=1S/C19H24N2O3/c1-5-6-14-24-15-19(22-3,23-4)18-12-13-20-21(18)16(2)17-10-8-7-9-11-17/h7-13,16H,14-15H2,1-4H3/t16-/m1/s1. The Balaban J connectivity index is 2.31. The number of hydrogen-bond donors (Lipinski definition) is 0. The molecule has 5 heteroatoms. The highest BCUT2D eigenvalue weighted by atomic mass is 16.7. The molecule has 1 aromatic heterocycles. The minimum absolute atomic E-state index is 0.0382. The maximum atomic E-state index is 5.68. The lowest BCUT2D eigenvalue weighted by Gasteiger charge is -2.32. The summed E-state index contributed by atoms with van der Waals surface area (Å²) in [6.45, 7) is 4.42. The van der Waals surface area contributed by atoms with Gasteiger partial charge < -0.3 is 14.2 Å². The summed E-state index contributed by atoms with van der Waals surface area (Å²) in [4.78, 5) is 0. The zero-order valence-corrected chi connectivity index (χ0v) is 14.7. The first-order chi connectivity index (χ1) is 11.7. The van der Waals surface area contributed by atoms with Gasteiger partial charge in [0.05, 0.1) is 6.04 Å². The van der Waals surface area contributed by atoms with Crippen LogP contribution in [0, 0.1) is 11.8 Å². The molecular weight excluding hydrogens is 304 g/mol. The third kappa shape index (κ3) is 3.85. The average molecular weight is 328 g/mol. The maximum Gasteiger partial charge on any atom is 0.235 e. The second-order valence-electron chi connectivity index (χ2n) is 5.33. The molecule has 1 heterocycles. The Morgan fingerprint density at radius 3 is 2.50 bits per heavy atom. The van der Waals surface area contributed by atoms with Gasteiger partial charge in [0.15, 0.2) is 0 Å². The van der Waals surface area contributed by atoms with Crippen molar-refractivity contribution >= 4 is 0 Å². The van der Waals surface area contributed by atoms with Crippen molar-refractivity contribution in [3.63, 3.8) is 0 Å². The zero-order valence-electron chi connectivity index (χ0n) is 14.7. The van der Waals surface area contributed by atoms with Gasteiger partial charge in [0.2, 0.25) is 5.79 Å². The predicted octanol–water partition coefficient (Wildman–Crippen LogP) is 2.98. The van der Waals surface area contributed by atoms with E-state index in [-0.39, 0.29) is 12.6 Å². The summed E-state index contributed by atoms with van der Waals surface area (Å²) in [6, 6.07) is 12.1. The molecule has 0 saturated carbocycles. The Morgan fingerprint density at radius 2 is 1.88 bits per heavy atom. The van der Waals surface area contributed by atoms with Crippen LogP contribution in [-0.4, -0.2) is 37.2 Å². The molecule has 0 unspecified atom stereocenters. The van der Waals surface area contributed by atoms with E-state index in [4.69, 9.17) is 14.2 Å². The van der Waals surface area contributed by atoms with Crippen molar-refractivity contribution in [2.45, 2.75) is 25.7 Å². The van der Waals surface area contributed by atoms with E-state index >= 15 is 0 Å². The number of methoxy groups -OCH3 is 2. The zero-order chi connectivity index (χ0) is 17.4. The van der Waals surface area contributed by atoms with Crippen LogP contribution in [0.15, 0.2) is 42.6 Å². The monoisotopic (exact) mass is 328 g/mol. The molecular formula is C19H24N2O3. The number of benzene rings is 1. The third-order valence-electron chi connectivity index (χ3n) is 4.01. The first-order valence-electron chi connectivity index (χ1n) is 7.85. The molecule has 2 rings (SSSR count). The van der Waals surface area contributed by atoms with Crippen molar-refractivity contribution in [3.05, 3.63) is 53.9 Å². The predicted molar refractivity (Wildman–Crippen MR) is 92.4 cm³/mol. The summed E-state index contributed by atoms with van der Waals surface area (Å²) < 4.78 is 18.9. The van der Waals surface area contributed by atoms with Crippen molar-refractivity contribution in [2.24, 2.45) is 0 Å². The fourth-order valence-corrected chi connectivity index (χ4v) is 2.59. The van der Waals surface area contributed by atoms with E-state index in [0.717, 1.165) is 11.3 Å². The Hall–Kier alpha value is -2.13. The van der Waals surface area contributed by atoms with Gasteiger partial charge in [0.1, 0.15) is 18.9 Å². The largest absolute Gasteiger partial charge is 0.363 e. The van der Waals surface area contributed by atoms with Gasteiger partial charge in [-0.15, -0.1) is 5.92 Å². The van der Waals surface area contributed by atoms with E-state index in [1.54, 1.807) is 27.3 Å². The van der Waals surface area contributed by atoms with Crippen LogP contribution in [0.25, 0.3) is 0 Å². The Labute approximate surface area is 143 Å². The quantitative estimate of drug-likeness (QED) is 0.424. The topological polar surface area (TPSA) is 45.5 Å². The second-order valence-corrected chi connectivity index (χ2v) is 5.33. The molecule has 0 fully saturated rings. The molecule has 0 bridgehead atoms. The Kier molecular flexibility index (Phi) is 6.56. The summed E-state index contributed by atoms with van der Waals surface area (Å²) in [5, 5.41) is 4.47. The summed E-state index contributed by atoms with van der Waals surface area (Å²) >= 11 is 0. The minimum Gasteiger partial charge on any atom is -0.363 e. The second kappa shape index (κ2) is 8.65. The Bertz CT molecular complexity index is 681. The van der Waals surface area contributed by atoms with Crippen LogP contribution >= 0.6 is 0 Å². The fraction of sp³-hybridized carbons (Fsp3) is 0.421. The smallest absolute Gasteiger partial charge is 0.235 e. The van der Waals surface area contributed by atoms with Crippen molar-refractivity contribution in [1.29, 1.82) is 0 Å². The highest BCUT2D eigenvalue weighted by molar-refractivity contribution is 5.21. The van der Waals surface area contributed by atoms with Crippen LogP contribution in [0.2, 0.25) is 0 Å². The van der Waals surface area contributed by atoms with Gasteiger partial charge in [-0.3, -0.25) is 4.68 Å². The molecule has 0 radical (unpaired) electrons. The van der Waals surface area contributed by atoms with Crippen LogP contribution in [0.3, 0.4) is 0 Å². The van der Waals surface area contributed by atoms with Crippen molar-refractivity contribution in [1.82, 2.24) is 9.78 Å². The molecule has 0 aliphatic heterocycles. The van der Waals surface area contributed by atoms with E-state index in [1.165, 1.54) is 0 Å².